The molecule has 0 aliphatic carbocycles. The Kier molecular flexibility index (Phi) is 2.91. The Balaban J connectivity index is 2.38. The van der Waals surface area contributed by atoms with E-state index >= 15 is 0 Å². The van der Waals surface area contributed by atoms with Gasteiger partial charge in [-0.3, -0.25) is 4.79 Å². The van der Waals surface area contributed by atoms with Crippen LogP contribution in [0.1, 0.15) is 0 Å². The maximum absolute atomic E-state index is 13.0. The van der Waals surface area contributed by atoms with Crippen LogP contribution in [0.5, 0.6) is 5.75 Å². The lowest BCUT2D eigenvalue weighted by atomic mass is 10.0. The number of phenols is 1. The van der Waals surface area contributed by atoms with Gasteiger partial charge in [-0.25, -0.2) is 9.37 Å². The molecule has 4 nitrogen and oxygen atoms in total. The number of rotatable bonds is 1. The number of aromatic nitrogens is 2. The van der Waals surface area contributed by atoms with E-state index in [0.717, 1.165) is 0 Å². The first-order chi connectivity index (χ1) is 9.58. The van der Waals surface area contributed by atoms with E-state index in [0.29, 0.717) is 11.1 Å². The molecule has 0 atom stereocenters. The van der Waals surface area contributed by atoms with E-state index in [1.54, 1.807) is 0 Å². The molecule has 3 rings (SSSR count). The highest BCUT2D eigenvalue weighted by molar-refractivity contribution is 6.38. The number of benzene rings is 2. The predicted octanol–water partition coefficient (Wildman–Crippen LogP) is 3.09. The normalized spacial score (nSPS) is 10.9. The average Bonchev–Trinajstić information content (AvgIpc) is 2.44. The van der Waals surface area contributed by atoms with Crippen molar-refractivity contribution in [2.75, 3.05) is 0 Å². The standard InChI is InChI=1S/C14H8ClFN2O2/c15-12-9(7-1-3-8(16)4-2-7)5-10(19)13-11(12)14(20)18-6-17-13/h1-6,19H,(H,17,18,20). The van der Waals surface area contributed by atoms with Crippen molar-refractivity contribution in [3.05, 3.63) is 57.9 Å². The van der Waals surface area contributed by atoms with Crippen molar-refractivity contribution in [1.29, 1.82) is 0 Å². The number of phenolic OH excluding ortho intramolecular Hbond substituents is 1. The summed E-state index contributed by atoms with van der Waals surface area (Å²) in [5.74, 6) is -0.538. The van der Waals surface area contributed by atoms with Crippen LogP contribution in [0.4, 0.5) is 4.39 Å². The van der Waals surface area contributed by atoms with Crippen LogP contribution in [0.15, 0.2) is 41.5 Å². The molecule has 0 bridgehead atoms. The Morgan fingerprint density at radius 3 is 2.65 bits per heavy atom. The first-order valence-electron chi connectivity index (χ1n) is 5.72. The maximum Gasteiger partial charge on any atom is 0.260 e. The van der Waals surface area contributed by atoms with Gasteiger partial charge in [0.05, 0.1) is 16.7 Å². The molecule has 0 unspecified atom stereocenters. The molecular weight excluding hydrogens is 283 g/mol. The van der Waals surface area contributed by atoms with Gasteiger partial charge >= 0.3 is 0 Å². The third kappa shape index (κ3) is 1.92. The zero-order valence-electron chi connectivity index (χ0n) is 10.0. The number of hydrogen-bond acceptors (Lipinski definition) is 3. The lowest BCUT2D eigenvalue weighted by Gasteiger charge is -2.08. The van der Waals surface area contributed by atoms with Gasteiger partial charge in [-0.1, -0.05) is 23.7 Å². The molecule has 0 amide bonds. The monoisotopic (exact) mass is 290 g/mol. The number of aromatic amines is 1. The van der Waals surface area contributed by atoms with Crippen LogP contribution in [-0.4, -0.2) is 15.1 Å². The minimum atomic E-state index is -0.445. The molecule has 0 radical (unpaired) electrons. The van der Waals surface area contributed by atoms with Gasteiger partial charge in [-0.2, -0.15) is 0 Å². The highest BCUT2D eigenvalue weighted by Crippen LogP contribution is 2.36. The molecule has 6 heteroatoms. The lowest BCUT2D eigenvalue weighted by Crippen LogP contribution is -2.07. The van der Waals surface area contributed by atoms with Crippen LogP contribution in [0.3, 0.4) is 0 Å². The van der Waals surface area contributed by atoms with Crippen LogP contribution in [0.25, 0.3) is 22.0 Å². The summed E-state index contributed by atoms with van der Waals surface area (Å²) < 4.78 is 13.0. The Labute approximate surface area is 117 Å². The van der Waals surface area contributed by atoms with Crippen molar-refractivity contribution >= 4 is 22.5 Å². The molecule has 3 aromatic rings. The maximum atomic E-state index is 13.0. The van der Waals surface area contributed by atoms with Crippen LogP contribution >= 0.6 is 11.6 Å². The van der Waals surface area contributed by atoms with E-state index < -0.39 is 5.56 Å². The number of H-pyrrole nitrogens is 1. The Hall–Kier alpha value is -2.40. The van der Waals surface area contributed by atoms with Crippen molar-refractivity contribution in [3.63, 3.8) is 0 Å². The highest BCUT2D eigenvalue weighted by atomic mass is 35.5. The quantitative estimate of drug-likeness (QED) is 0.724. The number of nitrogens with one attached hydrogen (secondary N) is 1. The topological polar surface area (TPSA) is 66.0 Å². The summed E-state index contributed by atoms with van der Waals surface area (Å²) in [7, 11) is 0. The molecule has 20 heavy (non-hydrogen) atoms. The lowest BCUT2D eigenvalue weighted by molar-refractivity contribution is 0.480. The third-order valence-electron chi connectivity index (χ3n) is 2.99. The SMILES string of the molecule is O=c1[nH]cnc2c(O)cc(-c3ccc(F)cc3)c(Cl)c12. The van der Waals surface area contributed by atoms with Crippen LogP contribution < -0.4 is 5.56 Å². The molecule has 1 aromatic heterocycles. The van der Waals surface area contributed by atoms with E-state index in [-0.39, 0.29) is 27.5 Å². The van der Waals surface area contributed by atoms with Crippen molar-refractivity contribution in [3.8, 4) is 16.9 Å². The molecule has 2 aromatic carbocycles. The van der Waals surface area contributed by atoms with Crippen molar-refractivity contribution < 1.29 is 9.50 Å². The number of halogens is 2. The molecule has 0 aliphatic rings. The summed E-state index contributed by atoms with van der Waals surface area (Å²) in [5, 5.41) is 10.2. The van der Waals surface area contributed by atoms with Crippen molar-refractivity contribution in [2.24, 2.45) is 0 Å². The second-order valence-corrected chi connectivity index (χ2v) is 4.60. The Morgan fingerprint density at radius 1 is 1.25 bits per heavy atom. The first-order valence-corrected chi connectivity index (χ1v) is 6.10. The molecule has 0 saturated carbocycles. The molecule has 2 N–H and O–H groups in total. The van der Waals surface area contributed by atoms with Crippen molar-refractivity contribution in [2.45, 2.75) is 0 Å². The number of nitrogens with zero attached hydrogens (tertiary/aromatic N) is 1. The number of hydrogen-bond donors (Lipinski definition) is 2. The van der Waals surface area contributed by atoms with Crippen LogP contribution in [-0.2, 0) is 0 Å². The zero-order valence-corrected chi connectivity index (χ0v) is 10.8. The number of aromatic hydroxyl groups is 1. The fourth-order valence-electron chi connectivity index (χ4n) is 2.04. The minimum absolute atomic E-state index is 0.105. The Morgan fingerprint density at radius 2 is 1.95 bits per heavy atom. The molecule has 0 aliphatic heterocycles. The van der Waals surface area contributed by atoms with Gasteiger partial charge in [0.15, 0.2) is 0 Å². The van der Waals surface area contributed by atoms with Crippen LogP contribution in [0.2, 0.25) is 5.02 Å². The van der Waals surface area contributed by atoms with E-state index in [9.17, 15) is 14.3 Å². The summed E-state index contributed by atoms with van der Waals surface area (Å²) in [5.41, 5.74) is 0.718. The summed E-state index contributed by atoms with van der Waals surface area (Å²) in [4.78, 5) is 18.1. The molecule has 1 heterocycles. The molecule has 0 spiro atoms. The minimum Gasteiger partial charge on any atom is -0.506 e. The Bertz CT molecular complexity index is 859. The average molecular weight is 291 g/mol. The van der Waals surface area contributed by atoms with E-state index in [4.69, 9.17) is 11.6 Å². The van der Waals surface area contributed by atoms with Crippen LogP contribution in [0, 0.1) is 5.82 Å². The largest absolute Gasteiger partial charge is 0.506 e. The molecule has 0 saturated heterocycles. The summed E-state index contributed by atoms with van der Waals surface area (Å²) in [6, 6.07) is 7.00. The third-order valence-corrected chi connectivity index (χ3v) is 3.38. The summed E-state index contributed by atoms with van der Waals surface area (Å²) in [6.07, 6.45) is 1.19. The van der Waals surface area contributed by atoms with Gasteiger partial charge in [0.2, 0.25) is 0 Å². The smallest absolute Gasteiger partial charge is 0.260 e. The first kappa shape index (κ1) is 12.6. The van der Waals surface area contributed by atoms with E-state index in [1.807, 2.05) is 0 Å². The van der Waals surface area contributed by atoms with E-state index in [1.165, 1.54) is 36.7 Å². The van der Waals surface area contributed by atoms with Gasteiger partial charge < -0.3 is 10.1 Å². The summed E-state index contributed by atoms with van der Waals surface area (Å²) in [6.45, 7) is 0. The fraction of sp³-hybridized carbons (Fsp3) is 0. The van der Waals surface area contributed by atoms with E-state index in [2.05, 4.69) is 9.97 Å². The van der Waals surface area contributed by atoms with Gasteiger partial charge in [-0.15, -0.1) is 0 Å². The molecule has 100 valence electrons. The second-order valence-electron chi connectivity index (χ2n) is 4.22. The van der Waals surface area contributed by atoms with Gasteiger partial charge in [0.1, 0.15) is 17.1 Å². The molecule has 0 fully saturated rings. The second kappa shape index (κ2) is 4.61. The van der Waals surface area contributed by atoms with Crippen molar-refractivity contribution in [1.82, 2.24) is 9.97 Å². The van der Waals surface area contributed by atoms with Gasteiger partial charge in [-0.05, 0) is 23.8 Å². The zero-order chi connectivity index (χ0) is 14.3. The molecular formula is C14H8ClFN2O2. The predicted molar refractivity (Wildman–Crippen MR) is 74.4 cm³/mol. The number of fused-ring (bicyclic) bond motifs is 1. The van der Waals surface area contributed by atoms with Gasteiger partial charge in [0, 0.05) is 5.56 Å². The van der Waals surface area contributed by atoms with Gasteiger partial charge in [0.25, 0.3) is 5.56 Å². The highest BCUT2D eigenvalue weighted by Gasteiger charge is 2.15. The fourth-order valence-corrected chi connectivity index (χ4v) is 2.38. The summed E-state index contributed by atoms with van der Waals surface area (Å²) >= 11 is 6.23.